The Bertz CT molecular complexity index is 407. The molecule has 0 saturated carbocycles. The van der Waals surface area contributed by atoms with E-state index in [9.17, 15) is 9.90 Å². The molecule has 1 rings (SSSR count). The van der Waals surface area contributed by atoms with Crippen LogP contribution in [0.15, 0.2) is 18.2 Å². The highest BCUT2D eigenvalue weighted by Gasteiger charge is 2.11. The van der Waals surface area contributed by atoms with Gasteiger partial charge in [-0.1, -0.05) is 19.4 Å². The summed E-state index contributed by atoms with van der Waals surface area (Å²) in [6.45, 7) is 6.02. The van der Waals surface area contributed by atoms with E-state index in [2.05, 4.69) is 10.3 Å². The Morgan fingerprint density at radius 2 is 2.21 bits per heavy atom. The third-order valence-corrected chi connectivity index (χ3v) is 2.43. The second kappa shape index (κ2) is 7.74. The van der Waals surface area contributed by atoms with E-state index in [0.29, 0.717) is 18.0 Å². The summed E-state index contributed by atoms with van der Waals surface area (Å²) in [4.78, 5) is 16.0. The molecule has 0 aliphatic heterocycles. The van der Waals surface area contributed by atoms with Gasteiger partial charge in [0.1, 0.15) is 5.69 Å². The highest BCUT2D eigenvalue weighted by molar-refractivity contribution is 5.92. The molecular formula is C14H22N2O3. The van der Waals surface area contributed by atoms with Gasteiger partial charge in [-0.2, -0.15) is 0 Å². The molecule has 2 N–H and O–H groups in total. The number of aliphatic hydroxyl groups is 1. The van der Waals surface area contributed by atoms with Crippen LogP contribution in [0.25, 0.3) is 0 Å². The Balaban J connectivity index is 2.56. The average Bonchev–Trinajstić information content (AvgIpc) is 2.36. The normalized spacial score (nSPS) is 12.3. The van der Waals surface area contributed by atoms with Gasteiger partial charge in [-0.05, 0) is 26.3 Å². The first-order valence-corrected chi connectivity index (χ1v) is 6.63. The monoisotopic (exact) mass is 266 g/mol. The number of hydrogen-bond donors (Lipinski definition) is 2. The predicted octanol–water partition coefficient (Wildman–Crippen LogP) is 1.76. The van der Waals surface area contributed by atoms with Crippen molar-refractivity contribution in [2.75, 3.05) is 6.54 Å². The van der Waals surface area contributed by atoms with E-state index >= 15 is 0 Å². The van der Waals surface area contributed by atoms with Gasteiger partial charge in [0.25, 0.3) is 5.91 Å². The molecule has 0 aromatic carbocycles. The first-order chi connectivity index (χ1) is 9.02. The Hall–Kier alpha value is -1.62. The number of aromatic nitrogens is 1. The predicted molar refractivity (Wildman–Crippen MR) is 73.2 cm³/mol. The number of nitrogens with zero attached hydrogens (tertiary/aromatic N) is 1. The number of carbonyl (C=O) groups is 1. The Morgan fingerprint density at radius 3 is 2.84 bits per heavy atom. The molecule has 1 heterocycles. The highest BCUT2D eigenvalue weighted by atomic mass is 16.5. The van der Waals surface area contributed by atoms with Crippen LogP contribution in [-0.2, 0) is 0 Å². The maximum absolute atomic E-state index is 11.9. The summed E-state index contributed by atoms with van der Waals surface area (Å²) in [7, 11) is 0. The first kappa shape index (κ1) is 15.4. The zero-order valence-corrected chi connectivity index (χ0v) is 11.7. The van der Waals surface area contributed by atoms with Crippen molar-refractivity contribution in [3.63, 3.8) is 0 Å². The number of nitrogens with one attached hydrogen (secondary N) is 1. The molecule has 0 radical (unpaired) electrons. The van der Waals surface area contributed by atoms with Gasteiger partial charge in [0, 0.05) is 12.6 Å². The minimum atomic E-state index is -0.510. The minimum absolute atomic E-state index is 0.0113. The van der Waals surface area contributed by atoms with Gasteiger partial charge >= 0.3 is 0 Å². The average molecular weight is 266 g/mol. The van der Waals surface area contributed by atoms with E-state index in [1.165, 1.54) is 0 Å². The van der Waals surface area contributed by atoms with Crippen LogP contribution in [0.3, 0.4) is 0 Å². The van der Waals surface area contributed by atoms with E-state index < -0.39 is 6.10 Å². The lowest BCUT2D eigenvalue weighted by Gasteiger charge is -2.12. The van der Waals surface area contributed by atoms with Crippen molar-refractivity contribution in [2.45, 2.75) is 45.8 Å². The van der Waals surface area contributed by atoms with Gasteiger partial charge in [0.2, 0.25) is 5.88 Å². The van der Waals surface area contributed by atoms with Gasteiger partial charge in [-0.25, -0.2) is 4.98 Å². The van der Waals surface area contributed by atoms with Gasteiger partial charge in [-0.3, -0.25) is 4.79 Å². The van der Waals surface area contributed by atoms with Crippen molar-refractivity contribution < 1.29 is 14.6 Å². The fourth-order valence-electron chi connectivity index (χ4n) is 1.58. The summed E-state index contributed by atoms with van der Waals surface area (Å²) in [5, 5.41) is 12.2. The Morgan fingerprint density at radius 1 is 1.47 bits per heavy atom. The van der Waals surface area contributed by atoms with Crippen molar-refractivity contribution in [1.82, 2.24) is 10.3 Å². The maximum Gasteiger partial charge on any atom is 0.270 e. The number of pyridine rings is 1. The van der Waals surface area contributed by atoms with Crippen LogP contribution < -0.4 is 10.1 Å². The molecule has 5 nitrogen and oxygen atoms in total. The zero-order chi connectivity index (χ0) is 14.3. The van der Waals surface area contributed by atoms with Crippen molar-refractivity contribution in [3.8, 4) is 5.88 Å². The molecule has 0 fully saturated rings. The topological polar surface area (TPSA) is 71.5 Å². The summed E-state index contributed by atoms with van der Waals surface area (Å²) in [5.74, 6) is 0.126. The lowest BCUT2D eigenvalue weighted by molar-refractivity contribution is 0.0903. The van der Waals surface area contributed by atoms with Crippen molar-refractivity contribution in [2.24, 2.45) is 0 Å². The largest absolute Gasteiger partial charge is 0.475 e. The SMILES string of the molecule is CCCC(O)CNC(=O)c1cccc(OC(C)C)n1. The van der Waals surface area contributed by atoms with Crippen molar-refractivity contribution in [1.29, 1.82) is 0 Å². The van der Waals surface area contributed by atoms with Crippen molar-refractivity contribution >= 4 is 5.91 Å². The van der Waals surface area contributed by atoms with Crippen molar-refractivity contribution in [3.05, 3.63) is 23.9 Å². The number of rotatable bonds is 7. The molecule has 0 aliphatic carbocycles. The number of amides is 1. The van der Waals surface area contributed by atoms with Gasteiger partial charge in [0.15, 0.2) is 0 Å². The lowest BCUT2D eigenvalue weighted by atomic mass is 10.2. The third kappa shape index (κ3) is 5.70. The van der Waals surface area contributed by atoms with E-state index in [4.69, 9.17) is 4.74 Å². The summed E-state index contributed by atoms with van der Waals surface area (Å²) in [6, 6.07) is 5.06. The molecule has 0 spiro atoms. The van der Waals surface area contributed by atoms with Crippen LogP contribution in [0.5, 0.6) is 5.88 Å². The van der Waals surface area contributed by atoms with E-state index in [1.54, 1.807) is 18.2 Å². The first-order valence-electron chi connectivity index (χ1n) is 6.63. The number of ether oxygens (including phenoxy) is 1. The molecule has 19 heavy (non-hydrogen) atoms. The van der Waals surface area contributed by atoms with E-state index in [-0.39, 0.29) is 18.6 Å². The second-order valence-electron chi connectivity index (χ2n) is 4.68. The van der Waals surface area contributed by atoms with E-state index in [1.807, 2.05) is 20.8 Å². The molecular weight excluding hydrogens is 244 g/mol. The fourth-order valence-corrected chi connectivity index (χ4v) is 1.58. The quantitative estimate of drug-likeness (QED) is 0.789. The summed E-state index contributed by atoms with van der Waals surface area (Å²) >= 11 is 0. The molecule has 1 atom stereocenters. The summed E-state index contributed by atoms with van der Waals surface area (Å²) < 4.78 is 5.43. The molecule has 106 valence electrons. The Labute approximate surface area is 114 Å². The molecule has 1 unspecified atom stereocenters. The smallest absolute Gasteiger partial charge is 0.270 e. The number of carbonyl (C=O) groups excluding carboxylic acids is 1. The van der Waals surface area contributed by atoms with Crippen LogP contribution in [0.2, 0.25) is 0 Å². The fraction of sp³-hybridized carbons (Fsp3) is 0.571. The molecule has 1 amide bonds. The van der Waals surface area contributed by atoms with Crippen LogP contribution in [0.1, 0.15) is 44.1 Å². The van der Waals surface area contributed by atoms with Gasteiger partial charge < -0.3 is 15.2 Å². The van der Waals surface area contributed by atoms with Gasteiger partial charge in [0.05, 0.1) is 12.2 Å². The summed E-state index contributed by atoms with van der Waals surface area (Å²) in [6.07, 6.45) is 1.05. The number of hydrogen-bond acceptors (Lipinski definition) is 4. The zero-order valence-electron chi connectivity index (χ0n) is 11.7. The third-order valence-electron chi connectivity index (χ3n) is 2.43. The van der Waals surface area contributed by atoms with Crippen LogP contribution in [0.4, 0.5) is 0 Å². The lowest BCUT2D eigenvalue weighted by Crippen LogP contribution is -2.32. The number of aliphatic hydroxyl groups excluding tert-OH is 1. The van der Waals surface area contributed by atoms with E-state index in [0.717, 1.165) is 6.42 Å². The minimum Gasteiger partial charge on any atom is -0.475 e. The maximum atomic E-state index is 11.9. The standard InChI is InChI=1S/C14H22N2O3/c1-4-6-11(17)9-15-14(18)12-7-5-8-13(16-12)19-10(2)3/h5,7-8,10-11,17H,4,6,9H2,1-3H3,(H,15,18). The van der Waals surface area contributed by atoms with Crippen LogP contribution >= 0.6 is 0 Å². The molecule has 0 bridgehead atoms. The Kier molecular flexibility index (Phi) is 6.29. The highest BCUT2D eigenvalue weighted by Crippen LogP contribution is 2.09. The molecule has 1 aromatic rings. The molecule has 0 saturated heterocycles. The summed E-state index contributed by atoms with van der Waals surface area (Å²) in [5.41, 5.74) is 0.293. The molecule has 0 aliphatic rings. The molecule has 1 aromatic heterocycles. The second-order valence-corrected chi connectivity index (χ2v) is 4.68. The van der Waals surface area contributed by atoms with Gasteiger partial charge in [-0.15, -0.1) is 0 Å². The van der Waals surface area contributed by atoms with Crippen LogP contribution in [-0.4, -0.2) is 34.8 Å². The molecule has 5 heteroatoms. The van der Waals surface area contributed by atoms with Crippen LogP contribution in [0, 0.1) is 0 Å².